The van der Waals surface area contributed by atoms with Crippen LogP contribution in [-0.2, 0) is 0 Å². The summed E-state index contributed by atoms with van der Waals surface area (Å²) in [5, 5.41) is 0. The Labute approximate surface area is 133 Å². The second kappa shape index (κ2) is 19.9. The standard InChI is InChI=1S/C18H40P2/c1-3-5-7-9-11-12-14-16-18-20-19-17-15-13-10-8-6-4-2/h19-20H,3-18H2,1-2H3. The highest BCUT2D eigenvalue weighted by atomic mass is 32.0. The molecular weight excluding hydrogens is 278 g/mol. The highest BCUT2D eigenvalue weighted by Crippen LogP contribution is 2.38. The zero-order chi connectivity index (χ0) is 14.7. The molecule has 20 heavy (non-hydrogen) atoms. The van der Waals surface area contributed by atoms with E-state index in [1.807, 2.05) is 0 Å². The molecule has 2 unspecified atom stereocenters. The van der Waals surface area contributed by atoms with Crippen molar-refractivity contribution in [3.63, 3.8) is 0 Å². The predicted octanol–water partition coefficient (Wildman–Crippen LogP) is 7.76. The summed E-state index contributed by atoms with van der Waals surface area (Å²) in [7, 11) is 2.57. The maximum Gasteiger partial charge on any atom is -0.0317 e. The SMILES string of the molecule is CCCCCCCCCCPPCCCCCCCC. The summed E-state index contributed by atoms with van der Waals surface area (Å²) in [5.74, 6) is 0. The molecule has 0 saturated heterocycles. The number of hydrogen-bond donors (Lipinski definition) is 0. The average molecular weight is 318 g/mol. The van der Waals surface area contributed by atoms with Crippen LogP contribution in [-0.4, -0.2) is 12.3 Å². The third-order valence-electron chi connectivity index (χ3n) is 3.94. The molecule has 0 aliphatic heterocycles. The van der Waals surface area contributed by atoms with Crippen LogP contribution in [0.4, 0.5) is 0 Å². The molecule has 0 aromatic heterocycles. The van der Waals surface area contributed by atoms with Crippen molar-refractivity contribution in [1.29, 1.82) is 0 Å². The molecule has 0 bridgehead atoms. The molecule has 0 fully saturated rings. The molecule has 0 nitrogen and oxygen atoms in total. The first-order valence-corrected chi connectivity index (χ1v) is 12.8. The van der Waals surface area contributed by atoms with Crippen LogP contribution in [0, 0.1) is 0 Å². The summed E-state index contributed by atoms with van der Waals surface area (Å²) in [4.78, 5) is 0. The molecule has 0 saturated carbocycles. The van der Waals surface area contributed by atoms with Crippen LogP contribution in [0.1, 0.15) is 104 Å². The van der Waals surface area contributed by atoms with Gasteiger partial charge in [0.05, 0.1) is 0 Å². The van der Waals surface area contributed by atoms with Crippen molar-refractivity contribution < 1.29 is 0 Å². The van der Waals surface area contributed by atoms with Crippen molar-refractivity contribution in [2.75, 3.05) is 12.3 Å². The van der Waals surface area contributed by atoms with Crippen molar-refractivity contribution in [2.45, 2.75) is 104 Å². The Morgan fingerprint density at radius 2 is 0.700 bits per heavy atom. The number of unbranched alkanes of at least 4 members (excludes halogenated alkanes) is 12. The zero-order valence-corrected chi connectivity index (χ0v) is 16.3. The van der Waals surface area contributed by atoms with Gasteiger partial charge in [0.2, 0.25) is 0 Å². The summed E-state index contributed by atoms with van der Waals surface area (Å²) in [6.45, 7) is 4.60. The quantitative estimate of drug-likeness (QED) is 0.190. The predicted molar refractivity (Wildman–Crippen MR) is 102 cm³/mol. The van der Waals surface area contributed by atoms with Gasteiger partial charge in [-0.1, -0.05) is 107 Å². The first-order valence-electron chi connectivity index (χ1n) is 9.37. The second-order valence-corrected chi connectivity index (χ2v) is 9.92. The number of hydrogen-bond acceptors (Lipinski definition) is 0. The smallest absolute Gasteiger partial charge is 0.0317 e. The summed E-state index contributed by atoms with van der Waals surface area (Å²) in [6.07, 6.45) is 23.6. The first kappa shape index (κ1) is 20.9. The lowest BCUT2D eigenvalue weighted by molar-refractivity contribution is 0.586. The molecular formula is C18H40P2. The minimum atomic E-state index is 1.28. The van der Waals surface area contributed by atoms with E-state index in [1.54, 1.807) is 0 Å². The van der Waals surface area contributed by atoms with E-state index in [0.29, 0.717) is 0 Å². The van der Waals surface area contributed by atoms with Gasteiger partial charge in [0, 0.05) is 0 Å². The van der Waals surface area contributed by atoms with E-state index in [0.717, 1.165) is 0 Å². The highest BCUT2D eigenvalue weighted by Gasteiger charge is 1.94. The van der Waals surface area contributed by atoms with E-state index in [9.17, 15) is 0 Å². The molecule has 0 N–H and O–H groups in total. The van der Waals surface area contributed by atoms with Gasteiger partial charge in [0.25, 0.3) is 0 Å². The maximum absolute atomic E-state index is 2.30. The number of rotatable bonds is 17. The van der Waals surface area contributed by atoms with Gasteiger partial charge in [0.15, 0.2) is 0 Å². The molecule has 0 aliphatic carbocycles. The van der Waals surface area contributed by atoms with Gasteiger partial charge in [-0.25, -0.2) is 0 Å². The molecule has 0 heterocycles. The van der Waals surface area contributed by atoms with Crippen molar-refractivity contribution >= 4 is 16.5 Å². The van der Waals surface area contributed by atoms with Crippen LogP contribution in [0.3, 0.4) is 0 Å². The Balaban J connectivity index is 2.89. The van der Waals surface area contributed by atoms with Crippen LogP contribution >= 0.6 is 16.5 Å². The van der Waals surface area contributed by atoms with Crippen molar-refractivity contribution in [2.24, 2.45) is 0 Å². The lowest BCUT2D eigenvalue weighted by atomic mass is 10.1. The van der Waals surface area contributed by atoms with E-state index in [4.69, 9.17) is 0 Å². The second-order valence-electron chi connectivity index (χ2n) is 6.10. The fourth-order valence-corrected chi connectivity index (χ4v) is 5.85. The molecule has 0 spiro atoms. The molecule has 0 aromatic rings. The molecule has 0 aliphatic rings. The van der Waals surface area contributed by atoms with E-state index >= 15 is 0 Å². The Hall–Kier alpha value is 0.860. The lowest BCUT2D eigenvalue weighted by Gasteiger charge is -2.03. The summed E-state index contributed by atoms with van der Waals surface area (Å²) >= 11 is 0. The molecule has 0 amide bonds. The minimum absolute atomic E-state index is 1.28. The van der Waals surface area contributed by atoms with E-state index < -0.39 is 0 Å². The maximum atomic E-state index is 2.30. The Morgan fingerprint density at radius 1 is 0.400 bits per heavy atom. The average Bonchev–Trinajstić information content (AvgIpc) is 2.47. The molecule has 122 valence electrons. The van der Waals surface area contributed by atoms with E-state index in [2.05, 4.69) is 13.8 Å². The first-order chi connectivity index (χ1) is 9.91. The largest absolute Gasteiger partial charge is 0.0992 e. The molecule has 0 aromatic carbocycles. The van der Waals surface area contributed by atoms with Gasteiger partial charge in [-0.05, 0) is 25.2 Å². The summed E-state index contributed by atoms with van der Waals surface area (Å²) < 4.78 is 0. The Morgan fingerprint density at radius 3 is 1.05 bits per heavy atom. The van der Waals surface area contributed by atoms with E-state index in [-0.39, 0.29) is 0 Å². The lowest BCUT2D eigenvalue weighted by Crippen LogP contribution is -1.82. The van der Waals surface area contributed by atoms with Crippen LogP contribution in [0.5, 0.6) is 0 Å². The molecule has 2 heteroatoms. The van der Waals surface area contributed by atoms with Crippen LogP contribution in [0.2, 0.25) is 0 Å². The molecule has 0 rings (SSSR count). The van der Waals surface area contributed by atoms with Gasteiger partial charge in [-0.3, -0.25) is 0 Å². The fourth-order valence-electron chi connectivity index (χ4n) is 2.52. The minimum Gasteiger partial charge on any atom is -0.0992 e. The zero-order valence-electron chi connectivity index (χ0n) is 14.3. The van der Waals surface area contributed by atoms with Gasteiger partial charge >= 0.3 is 0 Å². The molecule has 0 radical (unpaired) electrons. The van der Waals surface area contributed by atoms with Crippen molar-refractivity contribution in [3.05, 3.63) is 0 Å². The monoisotopic (exact) mass is 318 g/mol. The third-order valence-corrected chi connectivity index (χ3v) is 7.64. The normalized spacial score (nSPS) is 12.3. The van der Waals surface area contributed by atoms with Gasteiger partial charge in [-0.2, -0.15) is 0 Å². The Bertz CT molecular complexity index is 141. The van der Waals surface area contributed by atoms with Crippen molar-refractivity contribution in [3.8, 4) is 0 Å². The summed E-state index contributed by atoms with van der Waals surface area (Å²) in [6, 6.07) is 0. The van der Waals surface area contributed by atoms with Crippen molar-refractivity contribution in [1.82, 2.24) is 0 Å². The van der Waals surface area contributed by atoms with Crippen LogP contribution < -0.4 is 0 Å². The topological polar surface area (TPSA) is 0 Å². The van der Waals surface area contributed by atoms with Crippen LogP contribution in [0.25, 0.3) is 0 Å². The van der Waals surface area contributed by atoms with Gasteiger partial charge in [0.1, 0.15) is 0 Å². The van der Waals surface area contributed by atoms with Gasteiger partial charge < -0.3 is 0 Å². The Kier molecular flexibility index (Phi) is 20.7. The van der Waals surface area contributed by atoms with E-state index in [1.165, 1.54) is 119 Å². The molecule has 2 atom stereocenters. The highest BCUT2D eigenvalue weighted by molar-refractivity contribution is 8.11. The third kappa shape index (κ3) is 18.9. The van der Waals surface area contributed by atoms with Crippen LogP contribution in [0.15, 0.2) is 0 Å². The summed E-state index contributed by atoms with van der Waals surface area (Å²) in [5.41, 5.74) is 0. The fraction of sp³-hybridized carbons (Fsp3) is 1.00. The van der Waals surface area contributed by atoms with Gasteiger partial charge in [-0.15, -0.1) is 0 Å².